The summed E-state index contributed by atoms with van der Waals surface area (Å²) in [4.78, 5) is 23.6. The zero-order valence-corrected chi connectivity index (χ0v) is 15.0. The molecule has 0 radical (unpaired) electrons. The highest BCUT2D eigenvalue weighted by Gasteiger charge is 2.16. The molecule has 0 atom stereocenters. The first-order valence-corrected chi connectivity index (χ1v) is 8.49. The molecule has 0 saturated heterocycles. The number of rotatable bonds is 7. The number of hydrogen-bond acceptors (Lipinski definition) is 4. The largest absolute Gasteiger partial charge is 0.346 e. The molecule has 0 aliphatic rings. The van der Waals surface area contributed by atoms with Crippen LogP contribution in [0.3, 0.4) is 0 Å². The van der Waals surface area contributed by atoms with Crippen LogP contribution < -0.4 is 10.6 Å². The molecule has 29 heavy (non-hydrogen) atoms. The number of alkyl halides is 2. The third-order valence-electron chi connectivity index (χ3n) is 4.01. The van der Waals surface area contributed by atoms with E-state index in [9.17, 15) is 22.8 Å². The van der Waals surface area contributed by atoms with Gasteiger partial charge in [0.2, 0.25) is 5.91 Å². The van der Waals surface area contributed by atoms with Gasteiger partial charge < -0.3 is 10.6 Å². The van der Waals surface area contributed by atoms with E-state index in [1.165, 1.54) is 28.9 Å². The number of carbonyl (C=O) groups is 2. The maximum Gasteiger partial charge on any atom is 0.255 e. The minimum absolute atomic E-state index is 0.0103. The van der Waals surface area contributed by atoms with Crippen molar-refractivity contribution >= 4 is 28.5 Å². The van der Waals surface area contributed by atoms with Gasteiger partial charge in [0.25, 0.3) is 12.3 Å². The molecule has 0 aliphatic heterocycles. The van der Waals surface area contributed by atoms with E-state index in [-0.39, 0.29) is 23.3 Å². The zero-order valence-electron chi connectivity index (χ0n) is 15.0. The summed E-state index contributed by atoms with van der Waals surface area (Å²) in [5, 5.41) is 12.5. The van der Waals surface area contributed by atoms with E-state index in [4.69, 9.17) is 0 Å². The lowest BCUT2D eigenvalue weighted by Gasteiger charge is -2.08. The van der Waals surface area contributed by atoms with Crippen LogP contribution in [0.2, 0.25) is 0 Å². The number of benzene rings is 2. The second-order valence-electron chi connectivity index (χ2n) is 6.03. The number of aromatic nitrogens is 3. The van der Waals surface area contributed by atoms with Crippen LogP contribution in [-0.4, -0.2) is 39.8 Å². The maximum atomic E-state index is 13.9. The van der Waals surface area contributed by atoms with Gasteiger partial charge in [-0.3, -0.25) is 9.59 Å². The second kappa shape index (κ2) is 8.55. The Bertz CT molecular complexity index is 1080. The molecule has 10 heteroatoms. The van der Waals surface area contributed by atoms with Crippen LogP contribution in [0.5, 0.6) is 0 Å². The Balaban J connectivity index is 1.87. The van der Waals surface area contributed by atoms with Gasteiger partial charge >= 0.3 is 0 Å². The first kappa shape index (κ1) is 20.1. The number of nitrogens with one attached hydrogen (secondary N) is 2. The first-order chi connectivity index (χ1) is 13.9. The maximum absolute atomic E-state index is 13.9. The third kappa shape index (κ3) is 4.60. The summed E-state index contributed by atoms with van der Waals surface area (Å²) in [6.07, 6.45) is -1.64. The van der Waals surface area contributed by atoms with Crippen molar-refractivity contribution in [3.63, 3.8) is 0 Å². The molecule has 0 spiro atoms. The fourth-order valence-corrected chi connectivity index (χ4v) is 2.68. The molecule has 3 rings (SSSR count). The molecule has 3 aromatic rings. The number of nitrogens with zero attached hydrogens (tertiary/aromatic N) is 3. The highest BCUT2D eigenvalue weighted by molar-refractivity contribution is 6.04. The van der Waals surface area contributed by atoms with E-state index in [0.29, 0.717) is 11.1 Å². The Kier molecular flexibility index (Phi) is 5.91. The van der Waals surface area contributed by atoms with Crippen LogP contribution >= 0.6 is 0 Å². The molecular weight excluding hydrogens is 387 g/mol. The number of halogens is 3. The van der Waals surface area contributed by atoms with Crippen molar-refractivity contribution in [1.82, 2.24) is 20.3 Å². The van der Waals surface area contributed by atoms with Crippen LogP contribution in [0.4, 0.5) is 18.9 Å². The van der Waals surface area contributed by atoms with Crippen LogP contribution in [0.15, 0.2) is 49.1 Å². The predicted octanol–water partition coefficient (Wildman–Crippen LogP) is 2.74. The van der Waals surface area contributed by atoms with Crippen LogP contribution in [0, 0.1) is 5.82 Å². The Morgan fingerprint density at radius 1 is 1.24 bits per heavy atom. The standard InChI is InChI=1S/C19H16F3N5O2/c1-2-17(28)24-14-8-11(6-7-13(14)20)10-27-15-5-3-4-12(18(15)25-26-27)19(29)23-9-16(21)22/h2-8,16H,1,9-10H2,(H,23,29)(H,24,28). The third-order valence-corrected chi connectivity index (χ3v) is 4.01. The zero-order chi connectivity index (χ0) is 21.0. The molecule has 2 aromatic carbocycles. The molecule has 0 saturated carbocycles. The monoisotopic (exact) mass is 403 g/mol. The van der Waals surface area contributed by atoms with Crippen molar-refractivity contribution in [2.24, 2.45) is 0 Å². The molecule has 2 N–H and O–H groups in total. The summed E-state index contributed by atoms with van der Waals surface area (Å²) in [5.74, 6) is -1.84. The SMILES string of the molecule is C=CC(=O)Nc1cc(Cn2nnc3c(C(=O)NCC(F)F)cccc32)ccc1F. The van der Waals surface area contributed by atoms with Gasteiger partial charge in [-0.05, 0) is 35.9 Å². The van der Waals surface area contributed by atoms with Crippen LogP contribution in [0.25, 0.3) is 11.0 Å². The van der Waals surface area contributed by atoms with Gasteiger partial charge in [-0.1, -0.05) is 23.9 Å². The molecule has 1 aromatic heterocycles. The van der Waals surface area contributed by atoms with Gasteiger partial charge in [0, 0.05) is 0 Å². The highest BCUT2D eigenvalue weighted by atomic mass is 19.3. The van der Waals surface area contributed by atoms with Gasteiger partial charge in [-0.25, -0.2) is 17.9 Å². The van der Waals surface area contributed by atoms with Crippen molar-refractivity contribution in [3.8, 4) is 0 Å². The Morgan fingerprint density at radius 3 is 2.76 bits per heavy atom. The fourth-order valence-electron chi connectivity index (χ4n) is 2.68. The van der Waals surface area contributed by atoms with Crippen molar-refractivity contribution in [1.29, 1.82) is 0 Å². The fraction of sp³-hybridized carbons (Fsp3) is 0.158. The van der Waals surface area contributed by atoms with Crippen LogP contribution in [0.1, 0.15) is 15.9 Å². The Morgan fingerprint density at radius 2 is 2.03 bits per heavy atom. The summed E-state index contributed by atoms with van der Waals surface area (Å²) >= 11 is 0. The summed E-state index contributed by atoms with van der Waals surface area (Å²) in [6, 6.07) is 8.89. The molecule has 0 fully saturated rings. The molecule has 7 nitrogen and oxygen atoms in total. The molecule has 0 unspecified atom stereocenters. The van der Waals surface area contributed by atoms with Gasteiger partial charge in [0.1, 0.15) is 11.3 Å². The lowest BCUT2D eigenvalue weighted by Crippen LogP contribution is -2.28. The van der Waals surface area contributed by atoms with Crippen molar-refractivity contribution < 1.29 is 22.8 Å². The van der Waals surface area contributed by atoms with E-state index >= 15 is 0 Å². The molecule has 0 aliphatic carbocycles. The Labute approximate surface area is 163 Å². The average molecular weight is 403 g/mol. The minimum Gasteiger partial charge on any atom is -0.346 e. The first-order valence-electron chi connectivity index (χ1n) is 8.49. The molecule has 150 valence electrons. The van der Waals surface area contributed by atoms with Gasteiger partial charge in [-0.2, -0.15) is 0 Å². The lowest BCUT2D eigenvalue weighted by molar-refractivity contribution is -0.111. The van der Waals surface area contributed by atoms with Crippen molar-refractivity contribution in [2.75, 3.05) is 11.9 Å². The van der Waals surface area contributed by atoms with E-state index in [2.05, 4.69) is 27.5 Å². The molecule has 1 heterocycles. The van der Waals surface area contributed by atoms with Gasteiger partial charge in [0.05, 0.1) is 29.9 Å². The molecule has 0 bridgehead atoms. The van der Waals surface area contributed by atoms with E-state index < -0.39 is 30.6 Å². The number of fused-ring (bicyclic) bond motifs is 1. The minimum atomic E-state index is -2.66. The normalized spacial score (nSPS) is 10.9. The van der Waals surface area contributed by atoms with Gasteiger partial charge in [0.15, 0.2) is 0 Å². The van der Waals surface area contributed by atoms with E-state index in [1.54, 1.807) is 12.1 Å². The molecule has 2 amide bonds. The van der Waals surface area contributed by atoms with Crippen LogP contribution in [-0.2, 0) is 11.3 Å². The smallest absolute Gasteiger partial charge is 0.255 e. The van der Waals surface area contributed by atoms with E-state index in [0.717, 1.165) is 6.08 Å². The number of hydrogen-bond donors (Lipinski definition) is 2. The van der Waals surface area contributed by atoms with Crippen molar-refractivity contribution in [2.45, 2.75) is 13.0 Å². The van der Waals surface area contributed by atoms with E-state index in [1.807, 2.05) is 0 Å². The average Bonchev–Trinajstić information content (AvgIpc) is 3.11. The second-order valence-corrected chi connectivity index (χ2v) is 6.03. The lowest BCUT2D eigenvalue weighted by atomic mass is 10.1. The highest BCUT2D eigenvalue weighted by Crippen LogP contribution is 2.20. The topological polar surface area (TPSA) is 88.9 Å². The summed E-state index contributed by atoms with van der Waals surface area (Å²) in [6.45, 7) is 2.73. The predicted molar refractivity (Wildman–Crippen MR) is 100 cm³/mol. The summed E-state index contributed by atoms with van der Waals surface area (Å²) < 4.78 is 40.0. The number of anilines is 1. The number of amides is 2. The summed E-state index contributed by atoms with van der Waals surface area (Å²) in [7, 11) is 0. The Hall–Kier alpha value is -3.69. The van der Waals surface area contributed by atoms with Gasteiger partial charge in [-0.15, -0.1) is 5.10 Å². The number of carbonyl (C=O) groups excluding carboxylic acids is 2. The van der Waals surface area contributed by atoms with Crippen molar-refractivity contribution in [3.05, 3.63) is 66.0 Å². The quantitative estimate of drug-likeness (QED) is 0.594. The molecular formula is C19H16F3N5O2. The summed E-state index contributed by atoms with van der Waals surface area (Å²) in [5.41, 5.74) is 1.47.